The normalized spacial score (nSPS) is 12.6. The molecule has 1 aromatic heterocycles. The number of ether oxygens (including phenoxy) is 2. The number of aromatic nitrogens is 3. The standard InChI is InChI=1S/C54H29F6N5O2/c55-53(56,57)38-31-39(54(58,59)60)33-42(32-38)65-61-51-36(23-17-34-19-27-40(28-20-34)63-43-9-1-5-13-47(43)66-48-14-6-2-10-44(48)63)25-26-37(52(51)62-65)24-18-35-21-29-41(30-22-35)64-45-11-3-7-15-49(45)67-50-16-8-4-12-46(50)64/h1-16,19-22,25-33H. The summed E-state index contributed by atoms with van der Waals surface area (Å²) in [6.07, 6.45) is -10.2. The molecule has 9 aromatic rings. The average Bonchev–Trinajstić information content (AvgIpc) is 3.80. The molecular weight excluding hydrogens is 865 g/mol. The molecule has 67 heavy (non-hydrogen) atoms. The molecule has 0 unspecified atom stereocenters. The number of fused-ring (bicyclic) bond motifs is 5. The highest BCUT2D eigenvalue weighted by Crippen LogP contribution is 2.51. The molecule has 8 aromatic carbocycles. The van der Waals surface area contributed by atoms with E-state index in [1.54, 1.807) is 12.1 Å². The van der Waals surface area contributed by atoms with Crippen LogP contribution in [0.25, 0.3) is 16.7 Å². The molecule has 0 bridgehead atoms. The molecule has 0 radical (unpaired) electrons. The Morgan fingerprint density at radius 1 is 0.373 bits per heavy atom. The van der Waals surface area contributed by atoms with E-state index in [-0.39, 0.29) is 17.1 Å². The summed E-state index contributed by atoms with van der Waals surface area (Å²) in [5.41, 5.74) is 3.77. The number of para-hydroxylation sites is 8. The first-order valence-electron chi connectivity index (χ1n) is 20.7. The first kappa shape index (κ1) is 40.8. The molecule has 324 valence electrons. The third kappa shape index (κ3) is 7.68. The Morgan fingerprint density at radius 2 is 0.716 bits per heavy atom. The summed E-state index contributed by atoms with van der Waals surface area (Å²) in [5.74, 6) is 15.3. The smallest absolute Gasteiger partial charge is 0.416 e. The van der Waals surface area contributed by atoms with Gasteiger partial charge in [-0.3, -0.25) is 0 Å². The minimum absolute atomic E-state index is 0.0598. The van der Waals surface area contributed by atoms with E-state index < -0.39 is 29.2 Å². The van der Waals surface area contributed by atoms with Gasteiger partial charge in [-0.25, -0.2) is 0 Å². The van der Waals surface area contributed by atoms with E-state index >= 15 is 0 Å². The number of halogens is 6. The highest BCUT2D eigenvalue weighted by Gasteiger charge is 2.37. The lowest BCUT2D eigenvalue weighted by molar-refractivity contribution is -0.143. The second-order valence-electron chi connectivity index (χ2n) is 15.5. The van der Waals surface area contributed by atoms with Gasteiger partial charge >= 0.3 is 12.4 Å². The summed E-state index contributed by atoms with van der Waals surface area (Å²) in [7, 11) is 0. The molecule has 0 aliphatic carbocycles. The van der Waals surface area contributed by atoms with Crippen LogP contribution in [0.15, 0.2) is 176 Å². The molecule has 0 amide bonds. The van der Waals surface area contributed by atoms with Crippen molar-refractivity contribution in [3.8, 4) is 52.4 Å². The van der Waals surface area contributed by atoms with Crippen LogP contribution >= 0.6 is 0 Å². The maximum Gasteiger partial charge on any atom is 0.416 e. The van der Waals surface area contributed by atoms with Gasteiger partial charge in [0, 0.05) is 22.5 Å². The Labute approximate surface area is 378 Å². The molecule has 13 heteroatoms. The Bertz CT molecular complexity index is 3220. The fourth-order valence-corrected chi connectivity index (χ4v) is 8.00. The first-order chi connectivity index (χ1) is 32.4. The van der Waals surface area contributed by atoms with Gasteiger partial charge in [0.15, 0.2) is 23.0 Å². The molecule has 11 rings (SSSR count). The summed E-state index contributed by atoms with van der Waals surface area (Å²) in [5, 5.41) is 8.88. The minimum Gasteiger partial charge on any atom is -0.453 e. The Morgan fingerprint density at radius 3 is 1.06 bits per heavy atom. The summed E-state index contributed by atoms with van der Waals surface area (Å²) in [4.78, 5) is 4.93. The largest absolute Gasteiger partial charge is 0.453 e. The number of benzene rings is 8. The van der Waals surface area contributed by atoms with Crippen LogP contribution in [-0.4, -0.2) is 15.0 Å². The highest BCUT2D eigenvalue weighted by atomic mass is 19.4. The molecular formula is C54H29F6N5O2. The van der Waals surface area contributed by atoms with Crippen LogP contribution in [0.2, 0.25) is 0 Å². The van der Waals surface area contributed by atoms with Crippen molar-refractivity contribution in [3.05, 3.63) is 209 Å². The zero-order chi connectivity index (χ0) is 45.9. The lowest BCUT2D eigenvalue weighted by Crippen LogP contribution is -2.15. The van der Waals surface area contributed by atoms with Crippen LogP contribution in [0.5, 0.6) is 23.0 Å². The SMILES string of the molecule is FC(F)(F)c1cc(-n2nc3c(C#Cc4ccc(N5c6ccccc6Oc6ccccc65)cc4)ccc(C#Cc4ccc(N5c6ccccc6Oc6ccccc65)cc4)c3n2)cc(C(F)(F)F)c1. The van der Waals surface area contributed by atoms with Crippen LogP contribution in [0.3, 0.4) is 0 Å². The number of nitrogens with zero attached hydrogens (tertiary/aromatic N) is 5. The van der Waals surface area contributed by atoms with Crippen LogP contribution in [0, 0.1) is 23.7 Å². The minimum atomic E-state index is -5.08. The molecule has 7 nitrogen and oxygen atoms in total. The molecule has 0 saturated carbocycles. The maximum absolute atomic E-state index is 14.0. The molecule has 3 heterocycles. The molecule has 0 fully saturated rings. The summed E-state index contributed by atoms with van der Waals surface area (Å²) in [6.45, 7) is 0. The van der Waals surface area contributed by atoms with Gasteiger partial charge in [-0.15, -0.1) is 10.2 Å². The van der Waals surface area contributed by atoms with Crippen LogP contribution in [0.1, 0.15) is 33.4 Å². The molecule has 2 aliphatic heterocycles. The fraction of sp³-hybridized carbons (Fsp3) is 0.0370. The molecule has 0 saturated heterocycles. The topological polar surface area (TPSA) is 55.7 Å². The molecule has 0 atom stereocenters. The Hall–Kier alpha value is -8.94. The van der Waals surface area contributed by atoms with E-state index in [0.717, 1.165) is 38.9 Å². The zero-order valence-electron chi connectivity index (χ0n) is 34.6. The molecule has 2 aliphatic rings. The van der Waals surface area contributed by atoms with Gasteiger partial charge in [-0.2, -0.15) is 31.1 Å². The van der Waals surface area contributed by atoms with Gasteiger partial charge in [0.05, 0.1) is 50.7 Å². The lowest BCUT2D eigenvalue weighted by Gasteiger charge is -2.32. The molecule has 0 spiro atoms. The van der Waals surface area contributed by atoms with Crippen LogP contribution < -0.4 is 19.3 Å². The van der Waals surface area contributed by atoms with E-state index in [2.05, 4.69) is 43.7 Å². The predicted octanol–water partition coefficient (Wildman–Crippen LogP) is 14.4. The van der Waals surface area contributed by atoms with E-state index in [1.165, 1.54) is 0 Å². The average molecular weight is 894 g/mol. The van der Waals surface area contributed by atoms with Crippen molar-refractivity contribution in [1.82, 2.24) is 15.0 Å². The highest BCUT2D eigenvalue weighted by molar-refractivity contribution is 5.89. The maximum atomic E-state index is 14.0. The second kappa shape index (κ2) is 15.9. The van der Waals surface area contributed by atoms with Crippen molar-refractivity contribution in [2.45, 2.75) is 12.4 Å². The van der Waals surface area contributed by atoms with Crippen molar-refractivity contribution in [3.63, 3.8) is 0 Å². The fourth-order valence-electron chi connectivity index (χ4n) is 8.00. The number of anilines is 6. The van der Waals surface area contributed by atoms with E-state index in [4.69, 9.17) is 9.47 Å². The predicted molar refractivity (Wildman–Crippen MR) is 243 cm³/mol. The van der Waals surface area contributed by atoms with Crippen molar-refractivity contribution in [1.29, 1.82) is 0 Å². The van der Waals surface area contributed by atoms with Gasteiger partial charge in [-0.05, 0) is 127 Å². The number of alkyl halides is 6. The summed E-state index contributed by atoms with van der Waals surface area (Å²) in [6, 6.07) is 50.4. The summed E-state index contributed by atoms with van der Waals surface area (Å²) >= 11 is 0. The Balaban J connectivity index is 0.963. The number of rotatable bonds is 3. The van der Waals surface area contributed by atoms with Gasteiger partial charge in [0.1, 0.15) is 11.0 Å². The zero-order valence-corrected chi connectivity index (χ0v) is 34.6. The molecule has 0 N–H and O–H groups in total. The summed E-state index contributed by atoms with van der Waals surface area (Å²) < 4.78 is 96.1. The van der Waals surface area contributed by atoms with Crippen LogP contribution in [-0.2, 0) is 12.4 Å². The van der Waals surface area contributed by atoms with Crippen molar-refractivity contribution < 1.29 is 35.8 Å². The van der Waals surface area contributed by atoms with Crippen molar-refractivity contribution >= 4 is 45.2 Å². The van der Waals surface area contributed by atoms with Gasteiger partial charge in [-0.1, -0.05) is 72.2 Å². The van der Waals surface area contributed by atoms with Crippen LogP contribution in [0.4, 0.5) is 60.5 Å². The van der Waals surface area contributed by atoms with E-state index in [9.17, 15) is 26.3 Å². The van der Waals surface area contributed by atoms with Gasteiger partial charge in [0.25, 0.3) is 0 Å². The second-order valence-corrected chi connectivity index (χ2v) is 15.5. The van der Waals surface area contributed by atoms with Crippen molar-refractivity contribution in [2.24, 2.45) is 0 Å². The third-order valence-corrected chi connectivity index (χ3v) is 11.1. The van der Waals surface area contributed by atoms with Gasteiger partial charge in [0.2, 0.25) is 0 Å². The Kier molecular flexibility index (Phi) is 9.71. The van der Waals surface area contributed by atoms with E-state index in [0.29, 0.717) is 57.4 Å². The van der Waals surface area contributed by atoms with Gasteiger partial charge < -0.3 is 19.3 Å². The third-order valence-electron chi connectivity index (χ3n) is 11.1. The lowest BCUT2D eigenvalue weighted by atomic mass is 10.1. The number of hydrogen-bond donors (Lipinski definition) is 0. The quantitative estimate of drug-likeness (QED) is 0.130. The monoisotopic (exact) mass is 893 g/mol. The van der Waals surface area contributed by atoms with Crippen molar-refractivity contribution in [2.75, 3.05) is 9.80 Å². The first-order valence-corrected chi connectivity index (χ1v) is 20.7. The van der Waals surface area contributed by atoms with E-state index in [1.807, 2.05) is 146 Å². The number of hydrogen-bond acceptors (Lipinski definition) is 6.